The molecule has 1 atom stereocenters. The van der Waals surface area contributed by atoms with E-state index in [1.165, 1.54) is 26.2 Å². The molecule has 0 heterocycles. The second-order valence-corrected chi connectivity index (χ2v) is 6.38. The van der Waals surface area contributed by atoms with Gasteiger partial charge < -0.3 is 19.9 Å². The Labute approximate surface area is 147 Å². The number of ether oxygens (including phenoxy) is 2. The van der Waals surface area contributed by atoms with Crippen LogP contribution in [0.4, 0.5) is 0 Å². The van der Waals surface area contributed by atoms with Crippen molar-refractivity contribution >= 4 is 23.5 Å². The third kappa shape index (κ3) is 5.92. The predicted octanol–water partition coefficient (Wildman–Crippen LogP) is 3.22. The number of aliphatic carboxylic acids is 1. The highest BCUT2D eigenvalue weighted by Crippen LogP contribution is 2.36. The molecular formula is C17H24ClNO5. The molecule has 1 amide bonds. The molecule has 134 valence electrons. The van der Waals surface area contributed by atoms with Crippen molar-refractivity contribution in [3.05, 3.63) is 22.7 Å². The minimum absolute atomic E-state index is 0.0285. The van der Waals surface area contributed by atoms with Gasteiger partial charge in [0.25, 0.3) is 5.91 Å². The van der Waals surface area contributed by atoms with E-state index in [4.69, 9.17) is 26.2 Å². The summed E-state index contributed by atoms with van der Waals surface area (Å²) in [5.74, 6) is -0.809. The van der Waals surface area contributed by atoms with E-state index in [0.29, 0.717) is 24.0 Å². The molecule has 24 heavy (non-hydrogen) atoms. The first kappa shape index (κ1) is 20.1. The average Bonchev–Trinajstić information content (AvgIpc) is 2.52. The number of rotatable bonds is 9. The van der Waals surface area contributed by atoms with Crippen LogP contribution in [0.1, 0.15) is 37.6 Å². The molecule has 0 fully saturated rings. The Hall–Kier alpha value is -1.95. The van der Waals surface area contributed by atoms with E-state index in [1.807, 2.05) is 0 Å². The summed E-state index contributed by atoms with van der Waals surface area (Å²) in [5, 5.41) is 11.7. The van der Waals surface area contributed by atoms with Gasteiger partial charge in [0, 0.05) is 12.1 Å². The van der Waals surface area contributed by atoms with E-state index in [1.54, 1.807) is 0 Å². The van der Waals surface area contributed by atoms with Crippen LogP contribution < -0.4 is 14.8 Å². The molecule has 2 N–H and O–H groups in total. The van der Waals surface area contributed by atoms with Gasteiger partial charge in [-0.2, -0.15) is 0 Å². The van der Waals surface area contributed by atoms with Crippen molar-refractivity contribution in [3.63, 3.8) is 0 Å². The van der Waals surface area contributed by atoms with Gasteiger partial charge in [-0.25, -0.2) is 0 Å². The number of carboxylic acids is 1. The number of halogens is 1. The van der Waals surface area contributed by atoms with Crippen LogP contribution >= 0.6 is 11.6 Å². The van der Waals surface area contributed by atoms with Crippen molar-refractivity contribution in [3.8, 4) is 11.5 Å². The largest absolute Gasteiger partial charge is 0.493 e. The molecule has 1 unspecified atom stereocenters. The van der Waals surface area contributed by atoms with Crippen LogP contribution in [-0.4, -0.2) is 37.2 Å². The maximum atomic E-state index is 12.1. The van der Waals surface area contributed by atoms with E-state index < -0.39 is 17.8 Å². The van der Waals surface area contributed by atoms with Crippen molar-refractivity contribution in [2.75, 3.05) is 20.3 Å². The van der Waals surface area contributed by atoms with E-state index in [2.05, 4.69) is 19.2 Å². The third-order valence-corrected chi connectivity index (χ3v) is 3.70. The normalized spacial score (nSPS) is 11.9. The van der Waals surface area contributed by atoms with Crippen LogP contribution in [0.25, 0.3) is 0 Å². The fraction of sp³-hybridized carbons (Fsp3) is 0.529. The highest BCUT2D eigenvalue weighted by atomic mass is 35.5. The first-order valence-corrected chi connectivity index (χ1v) is 8.15. The Bertz CT molecular complexity index is 589. The van der Waals surface area contributed by atoms with Gasteiger partial charge in [-0.3, -0.25) is 9.59 Å². The van der Waals surface area contributed by atoms with Gasteiger partial charge in [-0.15, -0.1) is 0 Å². The number of carbonyl (C=O) groups is 2. The topological polar surface area (TPSA) is 84.9 Å². The lowest BCUT2D eigenvalue weighted by atomic mass is 10.1. The molecule has 0 aliphatic rings. The molecule has 0 aliphatic heterocycles. The first-order valence-electron chi connectivity index (χ1n) is 7.77. The molecule has 0 aliphatic carbocycles. The second kappa shape index (κ2) is 9.37. The molecule has 0 bridgehead atoms. The highest BCUT2D eigenvalue weighted by molar-refractivity contribution is 6.32. The summed E-state index contributed by atoms with van der Waals surface area (Å²) in [6.45, 7) is 6.22. The van der Waals surface area contributed by atoms with Gasteiger partial charge in [0.05, 0.1) is 24.7 Å². The number of carboxylic acid groups (broad SMARTS) is 1. The minimum atomic E-state index is -0.972. The molecule has 1 rings (SSSR count). The molecule has 0 radical (unpaired) electrons. The molecule has 7 heteroatoms. The number of hydrogen-bond donors (Lipinski definition) is 2. The first-order chi connectivity index (χ1) is 11.3. The maximum Gasteiger partial charge on any atom is 0.308 e. The van der Waals surface area contributed by atoms with E-state index >= 15 is 0 Å². The van der Waals surface area contributed by atoms with Crippen molar-refractivity contribution < 1.29 is 24.2 Å². The minimum Gasteiger partial charge on any atom is -0.493 e. The summed E-state index contributed by atoms with van der Waals surface area (Å²) in [6.07, 6.45) is 0.870. The van der Waals surface area contributed by atoms with Crippen LogP contribution in [-0.2, 0) is 4.79 Å². The van der Waals surface area contributed by atoms with Gasteiger partial charge in [-0.05, 0) is 24.5 Å². The van der Waals surface area contributed by atoms with Gasteiger partial charge in [0.2, 0.25) is 0 Å². The summed E-state index contributed by atoms with van der Waals surface area (Å²) in [4.78, 5) is 22.9. The standard InChI is InChI=1S/C17H24ClNO5/c1-10(2)5-6-24-15-13(18)7-12(8-14(15)23-4)16(20)19-9-11(3)17(21)22/h7-8,10-11H,5-6,9H2,1-4H3,(H,19,20)(H,21,22). The zero-order valence-corrected chi connectivity index (χ0v) is 15.1. The second-order valence-electron chi connectivity index (χ2n) is 5.97. The Kier molecular flexibility index (Phi) is 7.85. The van der Waals surface area contributed by atoms with Crippen LogP contribution in [0.5, 0.6) is 11.5 Å². The van der Waals surface area contributed by atoms with Gasteiger partial charge in [0.15, 0.2) is 11.5 Å². The molecule has 0 saturated carbocycles. The monoisotopic (exact) mass is 357 g/mol. The molecule has 0 aromatic heterocycles. The molecule has 0 spiro atoms. The fourth-order valence-corrected chi connectivity index (χ4v) is 2.09. The number of nitrogens with one attached hydrogen (secondary N) is 1. The lowest BCUT2D eigenvalue weighted by molar-refractivity contribution is -0.140. The molecule has 6 nitrogen and oxygen atoms in total. The Balaban J connectivity index is 2.85. The summed E-state index contributed by atoms with van der Waals surface area (Å²) < 4.78 is 10.9. The lowest BCUT2D eigenvalue weighted by Gasteiger charge is -2.15. The number of carbonyl (C=O) groups excluding carboxylic acids is 1. The number of methoxy groups -OCH3 is 1. The molecule has 1 aromatic rings. The van der Waals surface area contributed by atoms with Crippen LogP contribution in [0.15, 0.2) is 12.1 Å². The predicted molar refractivity (Wildman–Crippen MR) is 92.1 cm³/mol. The Morgan fingerprint density at radius 1 is 1.29 bits per heavy atom. The van der Waals surface area contributed by atoms with Crippen LogP contribution in [0, 0.1) is 11.8 Å². The smallest absolute Gasteiger partial charge is 0.308 e. The van der Waals surface area contributed by atoms with Gasteiger partial charge in [0.1, 0.15) is 0 Å². The summed E-state index contributed by atoms with van der Waals surface area (Å²) in [6, 6.07) is 3.01. The zero-order chi connectivity index (χ0) is 18.3. The van der Waals surface area contributed by atoms with Crippen molar-refractivity contribution in [2.45, 2.75) is 27.2 Å². The van der Waals surface area contributed by atoms with E-state index in [-0.39, 0.29) is 17.1 Å². The van der Waals surface area contributed by atoms with Crippen LogP contribution in [0.3, 0.4) is 0 Å². The average molecular weight is 358 g/mol. The number of amides is 1. The molecular weight excluding hydrogens is 334 g/mol. The van der Waals surface area contributed by atoms with E-state index in [9.17, 15) is 9.59 Å². The quantitative estimate of drug-likeness (QED) is 0.708. The summed E-state index contributed by atoms with van der Waals surface area (Å²) in [7, 11) is 1.47. The van der Waals surface area contributed by atoms with Crippen molar-refractivity contribution in [2.24, 2.45) is 11.8 Å². The Morgan fingerprint density at radius 3 is 2.50 bits per heavy atom. The third-order valence-electron chi connectivity index (χ3n) is 3.42. The van der Waals surface area contributed by atoms with Crippen LogP contribution in [0.2, 0.25) is 5.02 Å². The lowest BCUT2D eigenvalue weighted by Crippen LogP contribution is -2.31. The van der Waals surface area contributed by atoms with Crippen molar-refractivity contribution in [1.82, 2.24) is 5.32 Å². The summed E-state index contributed by atoms with van der Waals surface area (Å²) in [5.41, 5.74) is 0.283. The van der Waals surface area contributed by atoms with Gasteiger partial charge in [-0.1, -0.05) is 32.4 Å². The fourth-order valence-electron chi connectivity index (χ4n) is 1.82. The molecule has 0 saturated heterocycles. The highest BCUT2D eigenvalue weighted by Gasteiger charge is 2.18. The number of benzene rings is 1. The zero-order valence-electron chi connectivity index (χ0n) is 14.4. The van der Waals surface area contributed by atoms with E-state index in [0.717, 1.165) is 6.42 Å². The van der Waals surface area contributed by atoms with Crippen molar-refractivity contribution in [1.29, 1.82) is 0 Å². The SMILES string of the molecule is COc1cc(C(=O)NCC(C)C(=O)O)cc(Cl)c1OCCC(C)C. The maximum absolute atomic E-state index is 12.1. The summed E-state index contributed by atoms with van der Waals surface area (Å²) >= 11 is 6.21. The Morgan fingerprint density at radius 2 is 1.96 bits per heavy atom. The molecule has 1 aromatic carbocycles. The van der Waals surface area contributed by atoms with Gasteiger partial charge >= 0.3 is 5.97 Å². The number of hydrogen-bond acceptors (Lipinski definition) is 4.